The lowest BCUT2D eigenvalue weighted by atomic mass is 10.2. The average Bonchev–Trinajstić information content (AvgIpc) is 2.84. The van der Waals surface area contributed by atoms with E-state index in [0.29, 0.717) is 10.9 Å². The van der Waals surface area contributed by atoms with Crippen LogP contribution < -0.4 is 5.32 Å². The Labute approximate surface area is 112 Å². The van der Waals surface area contributed by atoms with Crippen molar-refractivity contribution in [3.63, 3.8) is 0 Å². The predicted octanol–water partition coefficient (Wildman–Crippen LogP) is 3.09. The van der Waals surface area contributed by atoms with Gasteiger partial charge in [-0.2, -0.15) is 5.10 Å². The lowest BCUT2D eigenvalue weighted by Gasteiger charge is -2.02. The Bertz CT molecular complexity index is 781. The van der Waals surface area contributed by atoms with Crippen molar-refractivity contribution < 1.29 is 13.6 Å². The van der Waals surface area contributed by atoms with Crippen LogP contribution in [0, 0.1) is 11.6 Å². The summed E-state index contributed by atoms with van der Waals surface area (Å²) in [7, 11) is 0. The van der Waals surface area contributed by atoms with Crippen molar-refractivity contribution in [2.45, 2.75) is 0 Å². The van der Waals surface area contributed by atoms with Crippen molar-refractivity contribution in [3.8, 4) is 0 Å². The number of hydrogen-bond acceptors (Lipinski definition) is 2. The third kappa shape index (κ3) is 2.11. The number of H-pyrrole nitrogens is 1. The molecular weight excluding hydrogens is 264 g/mol. The zero-order valence-corrected chi connectivity index (χ0v) is 10.2. The van der Waals surface area contributed by atoms with Gasteiger partial charge in [0.1, 0.15) is 17.2 Å². The van der Waals surface area contributed by atoms with Crippen LogP contribution in [0.2, 0.25) is 0 Å². The normalized spacial score (nSPS) is 10.7. The number of aromatic amines is 1. The summed E-state index contributed by atoms with van der Waals surface area (Å²) in [6.45, 7) is 0. The second-order valence-corrected chi connectivity index (χ2v) is 4.20. The molecule has 0 fully saturated rings. The number of nitrogens with one attached hydrogen (secondary N) is 2. The Morgan fingerprint density at radius 1 is 1.10 bits per heavy atom. The fourth-order valence-electron chi connectivity index (χ4n) is 1.88. The summed E-state index contributed by atoms with van der Waals surface area (Å²) < 4.78 is 26.3. The molecule has 0 atom stereocenters. The molecule has 3 rings (SSSR count). The molecule has 2 aromatic carbocycles. The van der Waals surface area contributed by atoms with Crippen molar-refractivity contribution in [1.29, 1.82) is 0 Å². The highest BCUT2D eigenvalue weighted by Gasteiger charge is 2.12. The minimum atomic E-state index is -0.447. The van der Waals surface area contributed by atoms with Crippen LogP contribution in [0.15, 0.2) is 42.5 Å². The van der Waals surface area contributed by atoms with Crippen molar-refractivity contribution in [2.75, 3.05) is 5.32 Å². The van der Waals surface area contributed by atoms with Crippen molar-refractivity contribution >= 4 is 22.6 Å². The fraction of sp³-hybridized carbons (Fsp3) is 0. The van der Waals surface area contributed by atoms with Gasteiger partial charge >= 0.3 is 0 Å². The molecule has 0 aliphatic rings. The lowest BCUT2D eigenvalue weighted by Crippen LogP contribution is -2.12. The van der Waals surface area contributed by atoms with Crippen LogP contribution >= 0.6 is 0 Å². The first-order valence-corrected chi connectivity index (χ1v) is 5.84. The highest BCUT2D eigenvalue weighted by atomic mass is 19.1. The maximum Gasteiger partial charge on any atom is 0.256 e. The standard InChI is InChI=1S/C14H9F2N3O/c15-9-6-4-8(5-7-9)14(20)17-13-10-2-1-3-11(16)12(10)18-19-13/h1-7H,(H2,17,18,19,20). The molecule has 0 aliphatic heterocycles. The third-order valence-corrected chi connectivity index (χ3v) is 2.89. The van der Waals surface area contributed by atoms with E-state index >= 15 is 0 Å². The zero-order chi connectivity index (χ0) is 14.1. The summed E-state index contributed by atoms with van der Waals surface area (Å²) in [5.74, 6) is -1.08. The molecule has 0 bridgehead atoms. The average molecular weight is 273 g/mol. The summed E-state index contributed by atoms with van der Waals surface area (Å²) in [6, 6.07) is 9.57. The molecule has 1 amide bonds. The smallest absolute Gasteiger partial charge is 0.256 e. The van der Waals surface area contributed by atoms with Crippen LogP contribution in [-0.2, 0) is 0 Å². The van der Waals surface area contributed by atoms with Gasteiger partial charge in [0, 0.05) is 10.9 Å². The van der Waals surface area contributed by atoms with Crippen LogP contribution in [0.25, 0.3) is 10.9 Å². The minimum Gasteiger partial charge on any atom is -0.305 e. The van der Waals surface area contributed by atoms with Gasteiger partial charge in [-0.1, -0.05) is 6.07 Å². The number of anilines is 1. The van der Waals surface area contributed by atoms with E-state index in [1.807, 2.05) is 0 Å². The Morgan fingerprint density at radius 2 is 1.85 bits per heavy atom. The largest absolute Gasteiger partial charge is 0.305 e. The highest BCUT2D eigenvalue weighted by Crippen LogP contribution is 2.22. The van der Waals surface area contributed by atoms with Gasteiger partial charge in [-0.05, 0) is 36.4 Å². The number of benzene rings is 2. The number of rotatable bonds is 2. The van der Waals surface area contributed by atoms with Gasteiger partial charge in [-0.15, -0.1) is 0 Å². The molecule has 6 heteroatoms. The maximum absolute atomic E-state index is 13.5. The lowest BCUT2D eigenvalue weighted by molar-refractivity contribution is 0.102. The van der Waals surface area contributed by atoms with E-state index in [1.54, 1.807) is 6.07 Å². The number of carbonyl (C=O) groups is 1. The molecule has 1 aromatic heterocycles. The van der Waals surface area contributed by atoms with Crippen molar-refractivity contribution in [1.82, 2.24) is 10.2 Å². The summed E-state index contributed by atoms with van der Waals surface area (Å²) in [5.41, 5.74) is 0.515. The molecule has 1 heterocycles. The van der Waals surface area contributed by atoms with Crippen LogP contribution in [0.1, 0.15) is 10.4 Å². The quantitative estimate of drug-likeness (QED) is 0.753. The fourth-order valence-corrected chi connectivity index (χ4v) is 1.88. The number of amides is 1. The molecular formula is C14H9F2N3O. The summed E-state index contributed by atoms with van der Waals surface area (Å²) in [6.07, 6.45) is 0. The van der Waals surface area contributed by atoms with Gasteiger partial charge in [-0.25, -0.2) is 8.78 Å². The van der Waals surface area contributed by atoms with Gasteiger partial charge in [0.15, 0.2) is 5.82 Å². The SMILES string of the molecule is O=C(Nc1n[nH]c2c(F)cccc12)c1ccc(F)cc1. The van der Waals surface area contributed by atoms with Crippen molar-refractivity contribution in [3.05, 3.63) is 59.7 Å². The molecule has 4 nitrogen and oxygen atoms in total. The van der Waals surface area contributed by atoms with E-state index in [9.17, 15) is 13.6 Å². The summed E-state index contributed by atoms with van der Waals surface area (Å²) in [4.78, 5) is 12.0. The highest BCUT2D eigenvalue weighted by molar-refractivity contribution is 6.07. The predicted molar refractivity (Wildman–Crippen MR) is 70.4 cm³/mol. The number of fused-ring (bicyclic) bond motifs is 1. The number of carbonyl (C=O) groups excluding carboxylic acids is 1. The number of para-hydroxylation sites is 1. The first-order chi connectivity index (χ1) is 9.65. The number of aromatic nitrogens is 2. The van der Waals surface area contributed by atoms with E-state index in [0.717, 1.165) is 0 Å². The van der Waals surface area contributed by atoms with Crippen LogP contribution in [0.4, 0.5) is 14.6 Å². The molecule has 100 valence electrons. The zero-order valence-electron chi connectivity index (χ0n) is 10.2. The first-order valence-electron chi connectivity index (χ1n) is 5.84. The van der Waals surface area contributed by atoms with E-state index in [-0.39, 0.29) is 11.3 Å². The number of nitrogens with zero attached hydrogens (tertiary/aromatic N) is 1. The Kier molecular flexibility index (Phi) is 2.90. The number of hydrogen-bond donors (Lipinski definition) is 2. The van der Waals surface area contributed by atoms with Gasteiger partial charge in [0.2, 0.25) is 0 Å². The maximum atomic E-state index is 13.5. The van der Waals surface area contributed by atoms with Gasteiger partial charge in [0.05, 0.1) is 0 Å². The molecule has 20 heavy (non-hydrogen) atoms. The second kappa shape index (κ2) is 4.73. The molecule has 0 saturated carbocycles. The van der Waals surface area contributed by atoms with Crippen LogP contribution in [0.3, 0.4) is 0 Å². The Balaban J connectivity index is 1.91. The van der Waals surface area contributed by atoms with Crippen LogP contribution in [0.5, 0.6) is 0 Å². The van der Waals surface area contributed by atoms with E-state index < -0.39 is 17.5 Å². The molecule has 0 saturated heterocycles. The summed E-state index contributed by atoms with van der Waals surface area (Å²) in [5, 5.41) is 9.42. The third-order valence-electron chi connectivity index (χ3n) is 2.89. The van der Waals surface area contributed by atoms with E-state index in [1.165, 1.54) is 36.4 Å². The summed E-state index contributed by atoms with van der Waals surface area (Å²) >= 11 is 0. The molecule has 0 radical (unpaired) electrons. The monoisotopic (exact) mass is 273 g/mol. The Hall–Kier alpha value is -2.76. The van der Waals surface area contributed by atoms with Gasteiger partial charge in [0.25, 0.3) is 5.91 Å². The van der Waals surface area contributed by atoms with Crippen molar-refractivity contribution in [2.24, 2.45) is 0 Å². The molecule has 0 spiro atoms. The first kappa shape index (κ1) is 12.3. The minimum absolute atomic E-state index is 0.224. The molecule has 0 unspecified atom stereocenters. The molecule has 0 aliphatic carbocycles. The topological polar surface area (TPSA) is 57.8 Å². The molecule has 2 N–H and O–H groups in total. The van der Waals surface area contributed by atoms with Gasteiger partial charge in [-0.3, -0.25) is 9.89 Å². The van der Waals surface area contributed by atoms with E-state index in [4.69, 9.17) is 0 Å². The molecule has 3 aromatic rings. The number of halogens is 2. The van der Waals surface area contributed by atoms with E-state index in [2.05, 4.69) is 15.5 Å². The van der Waals surface area contributed by atoms with Gasteiger partial charge < -0.3 is 5.32 Å². The Morgan fingerprint density at radius 3 is 2.60 bits per heavy atom. The van der Waals surface area contributed by atoms with Crippen LogP contribution in [-0.4, -0.2) is 16.1 Å². The second-order valence-electron chi connectivity index (χ2n) is 4.20.